The van der Waals surface area contributed by atoms with Crippen LogP contribution in [0.2, 0.25) is 102 Å². The minimum atomic E-state index is -2.73. The van der Waals surface area contributed by atoms with Crippen molar-refractivity contribution in [2.24, 2.45) is 0 Å². The summed E-state index contributed by atoms with van der Waals surface area (Å²) in [4.78, 5) is 70.9. The van der Waals surface area contributed by atoms with Crippen molar-refractivity contribution in [3.8, 4) is 0 Å². The average Bonchev–Trinajstić information content (AvgIpc) is 3.38. The molecule has 0 radical (unpaired) electrons. The molecule has 0 spiro atoms. The Morgan fingerprint density at radius 2 is 0.531 bits per heavy atom. The monoisotopic (exact) mass is 1250 g/mol. The summed E-state index contributed by atoms with van der Waals surface area (Å²) >= 11 is 0. The van der Waals surface area contributed by atoms with Gasteiger partial charge in [0.1, 0.15) is 26.4 Å². The number of unbranched alkanes of at least 4 members (excludes halogenated alkanes) is 2. The molecule has 0 aromatic rings. The van der Waals surface area contributed by atoms with E-state index in [1.165, 1.54) is 0 Å². The van der Waals surface area contributed by atoms with E-state index in [1.807, 2.05) is 0 Å². The van der Waals surface area contributed by atoms with Crippen LogP contribution in [0.25, 0.3) is 0 Å². The summed E-state index contributed by atoms with van der Waals surface area (Å²) in [5, 5.41) is 0. The molecule has 0 aliphatic rings. The van der Waals surface area contributed by atoms with E-state index in [0.29, 0.717) is 84.2 Å². The van der Waals surface area contributed by atoms with Crippen LogP contribution in [-0.2, 0) is 92.6 Å². The molecule has 0 aromatic carbocycles. The fourth-order valence-corrected chi connectivity index (χ4v) is 37.5. The van der Waals surface area contributed by atoms with E-state index in [2.05, 4.69) is 91.8 Å². The number of rotatable bonds is 54. The third kappa shape index (κ3) is 45.8. The van der Waals surface area contributed by atoms with Crippen molar-refractivity contribution in [3.05, 3.63) is 50.6 Å². The number of hydrogen-bond donors (Lipinski definition) is 0. The maximum atomic E-state index is 12.8. The smallest absolute Gasteiger partial charge is 0.330 e. The molecule has 0 rings (SSSR count). The zero-order valence-electron chi connectivity index (χ0n) is 51.2. The van der Waals surface area contributed by atoms with Gasteiger partial charge in [-0.2, -0.15) is 0 Å². The second-order valence-electron chi connectivity index (χ2n) is 22.3. The highest BCUT2D eigenvalue weighted by molar-refractivity contribution is 6.89. The summed E-state index contributed by atoms with van der Waals surface area (Å²) < 4.78 is 82.0. The first-order valence-corrected chi connectivity index (χ1v) is 46.2. The fourth-order valence-electron chi connectivity index (χ4n) is 8.64. The minimum Gasteiger partial charge on any atom is -0.466 e. The molecular formula is C55H104O20Si6. The topological polar surface area (TPSA) is 232 Å². The predicted molar refractivity (Wildman–Crippen MR) is 327 cm³/mol. The van der Waals surface area contributed by atoms with Crippen molar-refractivity contribution in [2.45, 2.75) is 172 Å². The SMILES string of the molecule is C=CC(=O)OCCOCCC[Si](C)(C)O[Si](C)(CCCCC(=O)OCCCOC(=O)CCCC[Si](C)(O[Si](C)(C)CCCOCCOC(=O)C=C)O[Si](C)(C)CCCOCCOC(=O)C=C)O[Si](C)(C)CCCOCCOC(=O)C=C. The second kappa shape index (κ2) is 44.3. The molecule has 0 aromatic heterocycles. The second-order valence-corrected chi connectivity index (χ2v) is 47.2. The molecule has 0 aliphatic carbocycles. The standard InChI is InChI=1S/C55H104O20Si6/c1-15-50(56)68-40-36-62-30-24-44-76(5,6)72-80(13,73-77(7,8)45-25-31-63-37-41-69-51(57)16-2)48-21-19-28-54(60)66-34-23-35-67-55(61)29-20-22-49-81(14,74-78(9,10)46-26-32-64-38-42-70-52(58)17-3)75-79(11,12)47-27-33-65-39-43-71-53(59)18-4/h15-18H,1-4,19-49H2,5-14H3. The van der Waals surface area contributed by atoms with E-state index >= 15 is 0 Å². The van der Waals surface area contributed by atoms with E-state index in [4.69, 9.17) is 63.8 Å². The van der Waals surface area contributed by atoms with Crippen LogP contribution in [0.15, 0.2) is 50.6 Å². The maximum Gasteiger partial charge on any atom is 0.330 e. The Labute approximate surface area is 492 Å². The number of ether oxygens (including phenoxy) is 10. The van der Waals surface area contributed by atoms with Gasteiger partial charge in [-0.1, -0.05) is 39.2 Å². The van der Waals surface area contributed by atoms with Crippen molar-refractivity contribution >= 4 is 86.2 Å². The van der Waals surface area contributed by atoms with Gasteiger partial charge in [0, 0.05) is 70.0 Å². The van der Waals surface area contributed by atoms with Crippen LogP contribution in [0.3, 0.4) is 0 Å². The molecule has 20 nitrogen and oxygen atoms in total. The minimum absolute atomic E-state index is 0.143. The lowest BCUT2D eigenvalue weighted by molar-refractivity contribution is -0.146. The first kappa shape index (κ1) is 77.8. The number of carbonyl (C=O) groups is 6. The molecule has 0 bridgehead atoms. The van der Waals surface area contributed by atoms with Crippen molar-refractivity contribution in [1.82, 2.24) is 0 Å². The van der Waals surface area contributed by atoms with Crippen molar-refractivity contribution in [1.29, 1.82) is 0 Å². The third-order valence-electron chi connectivity index (χ3n) is 12.1. The number of esters is 6. The third-order valence-corrected chi connectivity index (χ3v) is 36.6. The summed E-state index contributed by atoms with van der Waals surface area (Å²) in [6, 6.07) is 4.84. The van der Waals surface area contributed by atoms with Gasteiger partial charge in [-0.05, 0) is 140 Å². The van der Waals surface area contributed by atoms with Gasteiger partial charge in [0.15, 0.2) is 33.3 Å². The fraction of sp³-hybridized carbons (Fsp3) is 0.745. The summed E-state index contributed by atoms with van der Waals surface area (Å²) in [5.41, 5.74) is 0. The Balaban J connectivity index is 5.20. The van der Waals surface area contributed by atoms with Gasteiger partial charge in [0.25, 0.3) is 0 Å². The molecular weight excluding hydrogens is 1150 g/mol. The molecule has 0 N–H and O–H groups in total. The van der Waals surface area contributed by atoms with Crippen LogP contribution in [0.1, 0.15) is 70.6 Å². The summed E-state index contributed by atoms with van der Waals surface area (Å²) in [7, 11) is -14.3. The van der Waals surface area contributed by atoms with Gasteiger partial charge in [-0.3, -0.25) is 9.59 Å². The molecule has 0 heterocycles. The van der Waals surface area contributed by atoms with Crippen LogP contribution in [-0.4, -0.2) is 179 Å². The maximum absolute atomic E-state index is 12.8. The Kier molecular flexibility index (Phi) is 42.5. The summed E-state index contributed by atoms with van der Waals surface area (Å²) in [5.74, 6) is -2.53. The molecule has 0 atom stereocenters. The Bertz CT molecular complexity index is 1630. The van der Waals surface area contributed by atoms with Crippen molar-refractivity contribution in [2.75, 3.05) is 92.5 Å². The highest BCUT2D eigenvalue weighted by Crippen LogP contribution is 2.32. The molecule has 468 valence electrons. The van der Waals surface area contributed by atoms with Crippen LogP contribution < -0.4 is 0 Å². The molecule has 0 unspecified atom stereocenters. The normalized spacial score (nSPS) is 12.3. The van der Waals surface area contributed by atoms with Gasteiger partial charge in [-0.25, -0.2) is 19.2 Å². The van der Waals surface area contributed by atoms with Crippen molar-refractivity contribution in [3.63, 3.8) is 0 Å². The van der Waals surface area contributed by atoms with Crippen molar-refractivity contribution < 1.29 is 92.6 Å². The molecule has 0 amide bonds. The highest BCUT2D eigenvalue weighted by Gasteiger charge is 2.44. The Morgan fingerprint density at radius 3 is 0.765 bits per heavy atom. The molecule has 0 saturated heterocycles. The number of carbonyl (C=O) groups excluding carboxylic acids is 6. The first-order chi connectivity index (χ1) is 38.1. The van der Waals surface area contributed by atoms with E-state index in [0.717, 1.165) is 87.0 Å². The van der Waals surface area contributed by atoms with Gasteiger partial charge < -0.3 is 63.8 Å². The van der Waals surface area contributed by atoms with E-state index < -0.39 is 74.3 Å². The lowest BCUT2D eigenvalue weighted by atomic mass is 10.2. The van der Waals surface area contributed by atoms with E-state index in [9.17, 15) is 28.8 Å². The number of hydrogen-bond acceptors (Lipinski definition) is 20. The average molecular weight is 1250 g/mol. The van der Waals surface area contributed by atoms with E-state index in [-0.39, 0.29) is 64.4 Å². The van der Waals surface area contributed by atoms with Gasteiger partial charge in [0.05, 0.1) is 39.6 Å². The van der Waals surface area contributed by atoms with Gasteiger partial charge in [-0.15, -0.1) is 0 Å². The van der Waals surface area contributed by atoms with Crippen LogP contribution in [0, 0.1) is 0 Å². The van der Waals surface area contributed by atoms with Crippen LogP contribution >= 0.6 is 0 Å². The quantitative estimate of drug-likeness (QED) is 0.0181. The van der Waals surface area contributed by atoms with Gasteiger partial charge >= 0.3 is 52.9 Å². The largest absolute Gasteiger partial charge is 0.466 e. The molecule has 0 aliphatic heterocycles. The van der Waals surface area contributed by atoms with Crippen LogP contribution in [0.4, 0.5) is 0 Å². The lowest BCUT2D eigenvalue weighted by Gasteiger charge is -2.41. The highest BCUT2D eigenvalue weighted by atomic mass is 28.5. The van der Waals surface area contributed by atoms with Gasteiger partial charge in [0.2, 0.25) is 0 Å². The first-order valence-electron chi connectivity index (χ1n) is 28.7. The zero-order chi connectivity index (χ0) is 61.1. The Hall–Kier alpha value is -3.24. The molecule has 81 heavy (non-hydrogen) atoms. The molecule has 0 fully saturated rings. The molecule has 26 heteroatoms. The Morgan fingerprint density at radius 1 is 0.284 bits per heavy atom. The zero-order valence-corrected chi connectivity index (χ0v) is 57.2. The summed E-state index contributed by atoms with van der Waals surface area (Å²) in [6.07, 6.45) is 11.2. The van der Waals surface area contributed by atoms with E-state index in [1.54, 1.807) is 0 Å². The predicted octanol–water partition coefficient (Wildman–Crippen LogP) is 10.4. The lowest BCUT2D eigenvalue weighted by Crippen LogP contribution is -2.54. The molecule has 0 saturated carbocycles. The summed E-state index contributed by atoms with van der Waals surface area (Å²) in [6.45, 7) is 39.6. The van der Waals surface area contributed by atoms with Crippen LogP contribution in [0.5, 0.6) is 0 Å².